The quantitative estimate of drug-likeness (QED) is 0.150. The Morgan fingerprint density at radius 3 is 2.51 bits per heavy atom. The predicted molar refractivity (Wildman–Crippen MR) is 170 cm³/mol. The molecule has 3 aromatic heterocycles. The van der Waals surface area contributed by atoms with Crippen molar-refractivity contribution in [3.8, 4) is 11.1 Å². The van der Waals surface area contributed by atoms with Crippen LogP contribution in [-0.2, 0) is 16.6 Å². The summed E-state index contributed by atoms with van der Waals surface area (Å²) in [5.41, 5.74) is 5.05. The number of ether oxygens (including phenoxy) is 1. The van der Waals surface area contributed by atoms with Gasteiger partial charge in [-0.1, -0.05) is 12.1 Å². The lowest BCUT2D eigenvalue weighted by molar-refractivity contribution is -0.112. The number of nitrogens with one attached hydrogen (secondary N) is 2. The number of fused-ring (bicyclic) bond motifs is 2. The maximum Gasteiger partial charge on any atom is 0.248 e. The first-order chi connectivity index (χ1) is 21.7. The zero-order valence-electron chi connectivity index (χ0n) is 25.4. The second-order valence-corrected chi connectivity index (χ2v) is 11.6. The van der Waals surface area contributed by atoms with Crippen molar-refractivity contribution in [2.75, 3.05) is 19.0 Å². The number of aryl methyl sites for hydroxylation is 2. The van der Waals surface area contributed by atoms with E-state index in [4.69, 9.17) is 4.74 Å². The number of carbonyl (C=O) groups excluding carboxylic acids is 2. The third-order valence-corrected chi connectivity index (χ3v) is 8.64. The van der Waals surface area contributed by atoms with Gasteiger partial charge in [-0.15, -0.1) is 0 Å². The lowest BCUT2D eigenvalue weighted by Gasteiger charge is -2.27. The molecule has 10 heteroatoms. The number of rotatable bonds is 9. The van der Waals surface area contributed by atoms with Crippen molar-refractivity contribution >= 4 is 33.9 Å². The molecular weight excluding hydrogens is 576 g/mol. The number of methoxy groups -OCH3 is 1. The Balaban J connectivity index is 1.16. The van der Waals surface area contributed by atoms with Gasteiger partial charge >= 0.3 is 0 Å². The summed E-state index contributed by atoms with van der Waals surface area (Å²) < 4.78 is 39.2. The summed E-state index contributed by atoms with van der Waals surface area (Å²) in [5.74, 6) is -3.28. The van der Waals surface area contributed by atoms with E-state index in [1.807, 2.05) is 42.8 Å². The van der Waals surface area contributed by atoms with Crippen LogP contribution in [0.3, 0.4) is 0 Å². The summed E-state index contributed by atoms with van der Waals surface area (Å²) in [6, 6.07) is 13.6. The summed E-state index contributed by atoms with van der Waals surface area (Å²) in [6.07, 6.45) is 10.6. The number of amides is 1. The first kappa shape index (κ1) is 30.4. The minimum atomic E-state index is -1.03. The van der Waals surface area contributed by atoms with Crippen LogP contribution in [-0.4, -0.2) is 51.4 Å². The molecule has 1 aliphatic rings. The molecule has 0 aliphatic heterocycles. The Kier molecular flexibility index (Phi) is 8.60. The Labute approximate surface area is 259 Å². The molecule has 0 radical (unpaired) electrons. The molecule has 8 nitrogen and oxygen atoms in total. The van der Waals surface area contributed by atoms with Gasteiger partial charge in [0.25, 0.3) is 0 Å². The number of benzene rings is 2. The maximum absolute atomic E-state index is 15.1. The van der Waals surface area contributed by atoms with Crippen molar-refractivity contribution in [2.45, 2.75) is 44.8 Å². The van der Waals surface area contributed by atoms with E-state index in [-0.39, 0.29) is 11.3 Å². The van der Waals surface area contributed by atoms with E-state index in [0.29, 0.717) is 18.7 Å². The van der Waals surface area contributed by atoms with Crippen molar-refractivity contribution in [1.82, 2.24) is 19.3 Å². The largest absolute Gasteiger partial charge is 0.381 e. The Bertz CT molecular complexity index is 1910. The second kappa shape index (κ2) is 12.7. The van der Waals surface area contributed by atoms with E-state index in [2.05, 4.69) is 21.7 Å². The summed E-state index contributed by atoms with van der Waals surface area (Å²) in [4.78, 5) is 30.4. The number of ketones is 1. The third kappa shape index (κ3) is 6.16. The Morgan fingerprint density at radius 2 is 1.78 bits per heavy atom. The maximum atomic E-state index is 15.1. The molecule has 5 aromatic rings. The van der Waals surface area contributed by atoms with Crippen molar-refractivity contribution in [3.63, 3.8) is 0 Å². The molecule has 1 fully saturated rings. The van der Waals surface area contributed by atoms with Crippen LogP contribution in [0.4, 0.5) is 14.5 Å². The minimum absolute atomic E-state index is 0.164. The van der Waals surface area contributed by atoms with Crippen LogP contribution in [0.5, 0.6) is 0 Å². The van der Waals surface area contributed by atoms with Gasteiger partial charge in [0.2, 0.25) is 11.7 Å². The van der Waals surface area contributed by atoms with Gasteiger partial charge < -0.3 is 24.3 Å². The van der Waals surface area contributed by atoms with Gasteiger partial charge in [-0.25, -0.2) is 13.8 Å². The van der Waals surface area contributed by atoms with E-state index < -0.39 is 29.0 Å². The van der Waals surface area contributed by atoms with Crippen molar-refractivity contribution < 1.29 is 23.1 Å². The van der Waals surface area contributed by atoms with Crippen LogP contribution < -0.4 is 10.6 Å². The van der Waals surface area contributed by atoms with Gasteiger partial charge in [0.15, 0.2) is 0 Å². The van der Waals surface area contributed by atoms with E-state index in [1.165, 1.54) is 6.08 Å². The van der Waals surface area contributed by atoms with E-state index in [1.54, 1.807) is 36.2 Å². The topological polar surface area (TPSA) is 89.7 Å². The molecular formula is C35H35F2N5O3. The predicted octanol–water partition coefficient (Wildman–Crippen LogP) is 6.35. The standard InChI is InChI=1S/C35H35F2N5O3/c1-21-16-32-29(39-20-41(32)2)19-26(21)25-6-5-15-42-30(25)12-13-31(42)35(44)22-17-27(36)34(28(37)18-22)40-33(43)7-4-14-38-23-8-10-24(45-3)11-9-23/h4-7,12-13,15-20,23-24,38H,8-11,14H2,1-3H3,(H,40,43)/b7-4+. The van der Waals surface area contributed by atoms with Crippen LogP contribution in [0, 0.1) is 18.6 Å². The first-order valence-corrected chi connectivity index (χ1v) is 15.0. The smallest absolute Gasteiger partial charge is 0.248 e. The molecule has 0 spiro atoms. The molecule has 0 bridgehead atoms. The van der Waals surface area contributed by atoms with Gasteiger partial charge in [0.1, 0.15) is 17.3 Å². The average molecular weight is 612 g/mol. The monoisotopic (exact) mass is 611 g/mol. The number of aromatic nitrogens is 3. The van der Waals surface area contributed by atoms with Gasteiger partial charge in [-0.2, -0.15) is 0 Å². The van der Waals surface area contributed by atoms with Gasteiger partial charge in [-0.3, -0.25) is 9.59 Å². The third-order valence-electron chi connectivity index (χ3n) is 8.64. The second-order valence-electron chi connectivity index (χ2n) is 11.6. The molecule has 1 aliphatic carbocycles. The number of hydrogen-bond acceptors (Lipinski definition) is 5. The number of pyridine rings is 1. The fraction of sp³-hybridized carbons (Fsp3) is 0.286. The van der Waals surface area contributed by atoms with Crippen molar-refractivity contribution in [2.24, 2.45) is 7.05 Å². The highest BCUT2D eigenvalue weighted by Gasteiger charge is 2.22. The van der Waals surface area contributed by atoms with Crippen molar-refractivity contribution in [1.29, 1.82) is 0 Å². The van der Waals surface area contributed by atoms with Crippen LogP contribution in [0.1, 0.15) is 47.3 Å². The van der Waals surface area contributed by atoms with E-state index in [0.717, 1.165) is 71.1 Å². The fourth-order valence-electron chi connectivity index (χ4n) is 6.16. The number of hydrogen-bond donors (Lipinski definition) is 2. The minimum Gasteiger partial charge on any atom is -0.381 e. The molecule has 6 rings (SSSR count). The molecule has 3 heterocycles. The average Bonchev–Trinajstić information content (AvgIpc) is 3.63. The normalized spacial score (nSPS) is 17.0. The zero-order valence-corrected chi connectivity index (χ0v) is 25.4. The highest BCUT2D eigenvalue weighted by atomic mass is 19.1. The molecule has 45 heavy (non-hydrogen) atoms. The summed E-state index contributed by atoms with van der Waals surface area (Å²) in [7, 11) is 3.67. The van der Waals surface area contributed by atoms with Crippen LogP contribution >= 0.6 is 0 Å². The molecule has 1 saturated carbocycles. The number of anilines is 1. The van der Waals surface area contributed by atoms with E-state index in [9.17, 15) is 9.59 Å². The van der Waals surface area contributed by atoms with Gasteiger partial charge in [0, 0.05) is 50.1 Å². The summed E-state index contributed by atoms with van der Waals surface area (Å²) in [6.45, 7) is 2.48. The Morgan fingerprint density at radius 1 is 1.02 bits per heavy atom. The van der Waals surface area contributed by atoms with Crippen molar-refractivity contribution in [3.05, 3.63) is 102 Å². The first-order valence-electron chi connectivity index (χ1n) is 15.0. The lowest BCUT2D eigenvalue weighted by Crippen LogP contribution is -2.35. The lowest BCUT2D eigenvalue weighted by atomic mass is 9.93. The number of carbonyl (C=O) groups is 2. The number of imidazole rings is 1. The number of halogens is 2. The summed E-state index contributed by atoms with van der Waals surface area (Å²) in [5, 5.41) is 5.63. The number of nitrogens with zero attached hydrogens (tertiary/aromatic N) is 3. The van der Waals surface area contributed by atoms with Crippen LogP contribution in [0.25, 0.3) is 27.7 Å². The molecule has 0 unspecified atom stereocenters. The van der Waals surface area contributed by atoms with Crippen LogP contribution in [0.15, 0.2) is 73.2 Å². The zero-order chi connectivity index (χ0) is 31.7. The molecule has 2 aromatic carbocycles. The molecule has 0 atom stereocenters. The SMILES string of the molecule is COC1CCC(NC/C=C/C(=O)Nc2c(F)cc(C(=O)c3ccc4c(-c5cc6ncn(C)c6cc5C)cccn34)cc2F)CC1. The van der Waals surface area contributed by atoms with Crippen LogP contribution in [0.2, 0.25) is 0 Å². The molecule has 232 valence electrons. The summed E-state index contributed by atoms with van der Waals surface area (Å²) >= 11 is 0. The van der Waals surface area contributed by atoms with E-state index >= 15 is 8.78 Å². The Hall–Kier alpha value is -4.67. The highest BCUT2D eigenvalue weighted by molar-refractivity contribution is 6.09. The fourth-order valence-corrected chi connectivity index (χ4v) is 6.16. The van der Waals surface area contributed by atoms with Gasteiger partial charge in [-0.05, 0) is 86.2 Å². The molecule has 2 N–H and O–H groups in total. The molecule has 1 amide bonds. The van der Waals surface area contributed by atoms with Gasteiger partial charge in [0.05, 0.1) is 34.7 Å². The highest BCUT2D eigenvalue weighted by Crippen LogP contribution is 2.32. The molecule has 0 saturated heterocycles.